The molecular weight excluding hydrogens is 284 g/mol. The summed E-state index contributed by atoms with van der Waals surface area (Å²) in [5.41, 5.74) is 1.54. The number of nitrogens with one attached hydrogen (secondary N) is 1. The standard InChI is InChI=1S/C16H22N2O4/c1-11(16(21)22-4)10-18(3)15(20)9-13-5-7-14(8-6-13)17-12(2)19/h5-8,11H,9-10H2,1-4H3,(H,17,19). The third-order valence-corrected chi connectivity index (χ3v) is 3.21. The Kier molecular flexibility index (Phi) is 6.56. The Morgan fingerprint density at radius 3 is 2.32 bits per heavy atom. The molecule has 0 aliphatic heterocycles. The van der Waals surface area contributed by atoms with Crippen LogP contribution in [0.4, 0.5) is 5.69 Å². The van der Waals surface area contributed by atoms with Crippen LogP contribution in [0.2, 0.25) is 0 Å². The van der Waals surface area contributed by atoms with E-state index >= 15 is 0 Å². The molecular formula is C16H22N2O4. The highest BCUT2D eigenvalue weighted by Crippen LogP contribution is 2.11. The summed E-state index contributed by atoms with van der Waals surface area (Å²) in [7, 11) is 2.99. The van der Waals surface area contributed by atoms with Crippen molar-refractivity contribution in [2.24, 2.45) is 5.92 Å². The zero-order valence-corrected chi connectivity index (χ0v) is 13.4. The lowest BCUT2D eigenvalue weighted by Crippen LogP contribution is -2.35. The molecule has 0 saturated carbocycles. The van der Waals surface area contributed by atoms with Gasteiger partial charge in [-0.2, -0.15) is 0 Å². The molecule has 1 atom stereocenters. The third kappa shape index (κ3) is 5.55. The highest BCUT2D eigenvalue weighted by molar-refractivity contribution is 5.88. The smallest absolute Gasteiger partial charge is 0.310 e. The van der Waals surface area contributed by atoms with Gasteiger partial charge in [0.15, 0.2) is 0 Å². The number of rotatable bonds is 6. The Bertz CT molecular complexity index is 540. The fourth-order valence-corrected chi connectivity index (χ4v) is 2.01. The maximum Gasteiger partial charge on any atom is 0.310 e. The molecule has 0 saturated heterocycles. The molecule has 0 aliphatic rings. The predicted molar refractivity (Wildman–Crippen MR) is 83.3 cm³/mol. The second-order valence-electron chi connectivity index (χ2n) is 5.25. The number of amides is 2. The number of ether oxygens (including phenoxy) is 1. The number of carbonyl (C=O) groups is 3. The largest absolute Gasteiger partial charge is 0.469 e. The fourth-order valence-electron chi connectivity index (χ4n) is 2.01. The van der Waals surface area contributed by atoms with Gasteiger partial charge in [0.1, 0.15) is 0 Å². The number of hydrogen-bond acceptors (Lipinski definition) is 4. The van der Waals surface area contributed by atoms with Crippen LogP contribution in [0, 0.1) is 5.92 Å². The van der Waals surface area contributed by atoms with Gasteiger partial charge in [0.05, 0.1) is 19.4 Å². The van der Waals surface area contributed by atoms with Crippen LogP contribution in [-0.4, -0.2) is 43.4 Å². The second-order valence-corrected chi connectivity index (χ2v) is 5.25. The molecule has 0 radical (unpaired) electrons. The topological polar surface area (TPSA) is 75.7 Å². The second kappa shape index (κ2) is 8.17. The highest BCUT2D eigenvalue weighted by atomic mass is 16.5. The maximum absolute atomic E-state index is 12.1. The van der Waals surface area contributed by atoms with Crippen molar-refractivity contribution in [2.45, 2.75) is 20.3 Å². The summed E-state index contributed by atoms with van der Waals surface area (Å²) >= 11 is 0. The minimum atomic E-state index is -0.360. The van der Waals surface area contributed by atoms with Crippen LogP contribution >= 0.6 is 0 Å². The lowest BCUT2D eigenvalue weighted by Gasteiger charge is -2.20. The summed E-state index contributed by atoms with van der Waals surface area (Å²) in [5, 5.41) is 2.67. The van der Waals surface area contributed by atoms with Crippen molar-refractivity contribution in [3.05, 3.63) is 29.8 Å². The predicted octanol–water partition coefficient (Wildman–Crippen LogP) is 1.45. The lowest BCUT2D eigenvalue weighted by molar-refractivity contribution is -0.146. The highest BCUT2D eigenvalue weighted by Gasteiger charge is 2.18. The van der Waals surface area contributed by atoms with Crippen molar-refractivity contribution in [2.75, 3.05) is 26.0 Å². The van der Waals surface area contributed by atoms with E-state index in [1.165, 1.54) is 18.9 Å². The molecule has 0 spiro atoms. The Morgan fingerprint density at radius 1 is 1.23 bits per heavy atom. The average molecular weight is 306 g/mol. The van der Waals surface area contributed by atoms with E-state index in [0.29, 0.717) is 12.2 Å². The Labute approximate surface area is 130 Å². The van der Waals surface area contributed by atoms with Crippen LogP contribution in [-0.2, 0) is 25.5 Å². The first-order valence-electron chi connectivity index (χ1n) is 7.01. The first-order chi connectivity index (χ1) is 10.3. The molecule has 0 aliphatic carbocycles. The van der Waals surface area contributed by atoms with Crippen LogP contribution < -0.4 is 5.32 Å². The SMILES string of the molecule is COC(=O)C(C)CN(C)C(=O)Cc1ccc(NC(C)=O)cc1. The van der Waals surface area contributed by atoms with Crippen LogP contribution in [0.5, 0.6) is 0 Å². The first kappa shape index (κ1) is 17.7. The molecule has 2 amide bonds. The van der Waals surface area contributed by atoms with Crippen molar-refractivity contribution < 1.29 is 19.1 Å². The summed E-state index contributed by atoms with van der Waals surface area (Å²) in [6.07, 6.45) is 0.241. The van der Waals surface area contributed by atoms with E-state index in [2.05, 4.69) is 10.1 Å². The number of nitrogens with zero attached hydrogens (tertiary/aromatic N) is 1. The number of carbonyl (C=O) groups excluding carboxylic acids is 3. The maximum atomic E-state index is 12.1. The van der Waals surface area contributed by atoms with Gasteiger partial charge in [-0.3, -0.25) is 14.4 Å². The molecule has 0 aromatic heterocycles. The monoisotopic (exact) mass is 306 g/mol. The normalized spacial score (nSPS) is 11.5. The minimum Gasteiger partial charge on any atom is -0.469 e. The number of benzene rings is 1. The van der Waals surface area contributed by atoms with E-state index in [0.717, 1.165) is 5.56 Å². The van der Waals surface area contributed by atoms with E-state index in [9.17, 15) is 14.4 Å². The molecule has 120 valence electrons. The van der Waals surface area contributed by atoms with Crippen molar-refractivity contribution in [1.29, 1.82) is 0 Å². The molecule has 0 bridgehead atoms. The van der Waals surface area contributed by atoms with Gasteiger partial charge in [-0.15, -0.1) is 0 Å². The van der Waals surface area contributed by atoms with E-state index < -0.39 is 0 Å². The number of anilines is 1. The summed E-state index contributed by atoms with van der Waals surface area (Å²) in [4.78, 5) is 35.9. The molecule has 0 fully saturated rings. The Morgan fingerprint density at radius 2 is 1.82 bits per heavy atom. The molecule has 1 rings (SSSR count). The zero-order chi connectivity index (χ0) is 16.7. The Hall–Kier alpha value is -2.37. The van der Waals surface area contributed by atoms with E-state index in [1.807, 2.05) is 0 Å². The summed E-state index contributed by atoms with van der Waals surface area (Å²) in [6.45, 7) is 3.47. The van der Waals surface area contributed by atoms with Gasteiger partial charge < -0.3 is 15.0 Å². The number of methoxy groups -OCH3 is 1. The molecule has 1 aromatic carbocycles. The van der Waals surface area contributed by atoms with Crippen LogP contribution in [0.1, 0.15) is 19.4 Å². The number of esters is 1. The lowest BCUT2D eigenvalue weighted by atomic mass is 10.1. The molecule has 1 unspecified atom stereocenters. The zero-order valence-electron chi connectivity index (χ0n) is 13.4. The molecule has 0 heterocycles. The van der Waals surface area contributed by atoms with Crippen molar-refractivity contribution >= 4 is 23.5 Å². The first-order valence-corrected chi connectivity index (χ1v) is 7.01. The fraction of sp³-hybridized carbons (Fsp3) is 0.438. The van der Waals surface area contributed by atoms with Gasteiger partial charge in [-0.1, -0.05) is 19.1 Å². The van der Waals surface area contributed by atoms with Crippen LogP contribution in [0.25, 0.3) is 0 Å². The molecule has 6 heteroatoms. The Balaban J connectivity index is 2.56. The van der Waals surface area contributed by atoms with Crippen molar-refractivity contribution in [3.63, 3.8) is 0 Å². The van der Waals surface area contributed by atoms with E-state index in [-0.39, 0.29) is 30.1 Å². The van der Waals surface area contributed by atoms with E-state index in [4.69, 9.17) is 0 Å². The quantitative estimate of drug-likeness (QED) is 0.807. The molecule has 1 N–H and O–H groups in total. The van der Waals surface area contributed by atoms with Gasteiger partial charge >= 0.3 is 5.97 Å². The van der Waals surface area contributed by atoms with Gasteiger partial charge in [-0.25, -0.2) is 0 Å². The summed E-state index contributed by atoms with van der Waals surface area (Å²) < 4.78 is 4.64. The van der Waals surface area contributed by atoms with Gasteiger partial charge in [0.25, 0.3) is 0 Å². The number of likely N-dealkylation sites (N-methyl/N-ethyl adjacent to an activating group) is 1. The number of hydrogen-bond donors (Lipinski definition) is 1. The minimum absolute atomic E-state index is 0.0805. The molecule has 6 nitrogen and oxygen atoms in total. The van der Waals surface area contributed by atoms with Crippen LogP contribution in [0.3, 0.4) is 0 Å². The van der Waals surface area contributed by atoms with Crippen LogP contribution in [0.15, 0.2) is 24.3 Å². The average Bonchev–Trinajstić information content (AvgIpc) is 2.47. The third-order valence-electron chi connectivity index (χ3n) is 3.21. The van der Waals surface area contributed by atoms with Gasteiger partial charge in [0, 0.05) is 26.2 Å². The van der Waals surface area contributed by atoms with Crippen molar-refractivity contribution in [3.8, 4) is 0 Å². The molecule has 1 aromatic rings. The van der Waals surface area contributed by atoms with E-state index in [1.54, 1.807) is 38.2 Å². The van der Waals surface area contributed by atoms with Gasteiger partial charge in [0.2, 0.25) is 11.8 Å². The summed E-state index contributed by atoms with van der Waals surface area (Å²) in [6, 6.07) is 7.09. The molecule has 22 heavy (non-hydrogen) atoms. The van der Waals surface area contributed by atoms with Crippen molar-refractivity contribution in [1.82, 2.24) is 4.90 Å². The van der Waals surface area contributed by atoms with Gasteiger partial charge in [-0.05, 0) is 17.7 Å². The summed E-state index contributed by atoms with van der Waals surface area (Å²) in [5.74, 6) is -0.913.